The number of carbonyl (C=O) groups excluding carboxylic acids is 2. The molecule has 0 bridgehead atoms. The standard InChI is InChI=1S/C17H24N4O2/c1-5-14-18-7-12-8-20(10-13(12)19-14)16(23)11-6-15(22)21(9-11)17(2,3)4/h7,11H,5-6,8-10H2,1-4H3/t11-/m1/s1. The third-order valence-electron chi connectivity index (χ3n) is 4.62. The largest absolute Gasteiger partial charge is 0.337 e. The third kappa shape index (κ3) is 2.94. The molecule has 3 heterocycles. The van der Waals surface area contributed by atoms with Crippen LogP contribution in [0.5, 0.6) is 0 Å². The average Bonchev–Trinajstić information content (AvgIpc) is 3.08. The maximum Gasteiger partial charge on any atom is 0.228 e. The smallest absolute Gasteiger partial charge is 0.228 e. The van der Waals surface area contributed by atoms with Gasteiger partial charge in [-0.15, -0.1) is 0 Å². The van der Waals surface area contributed by atoms with Crippen molar-refractivity contribution < 1.29 is 9.59 Å². The van der Waals surface area contributed by atoms with E-state index >= 15 is 0 Å². The summed E-state index contributed by atoms with van der Waals surface area (Å²) in [6, 6.07) is 0. The van der Waals surface area contributed by atoms with Crippen LogP contribution in [0.3, 0.4) is 0 Å². The Balaban J connectivity index is 1.70. The van der Waals surface area contributed by atoms with Gasteiger partial charge in [0, 0.05) is 43.2 Å². The van der Waals surface area contributed by atoms with Crippen LogP contribution in [0.25, 0.3) is 0 Å². The number of aromatic nitrogens is 2. The maximum atomic E-state index is 12.8. The predicted molar refractivity (Wildman–Crippen MR) is 85.2 cm³/mol. The monoisotopic (exact) mass is 316 g/mol. The van der Waals surface area contributed by atoms with Gasteiger partial charge in [0.25, 0.3) is 0 Å². The molecule has 3 rings (SSSR count). The minimum atomic E-state index is -0.241. The lowest BCUT2D eigenvalue weighted by molar-refractivity contribution is -0.136. The van der Waals surface area contributed by atoms with Gasteiger partial charge in [-0.05, 0) is 20.8 Å². The summed E-state index contributed by atoms with van der Waals surface area (Å²) >= 11 is 0. The van der Waals surface area contributed by atoms with E-state index in [1.54, 1.807) is 0 Å². The van der Waals surface area contributed by atoms with Gasteiger partial charge in [-0.25, -0.2) is 9.97 Å². The van der Waals surface area contributed by atoms with Gasteiger partial charge in [-0.2, -0.15) is 0 Å². The van der Waals surface area contributed by atoms with Gasteiger partial charge in [0.1, 0.15) is 5.82 Å². The fourth-order valence-electron chi connectivity index (χ4n) is 3.30. The van der Waals surface area contributed by atoms with Gasteiger partial charge in [0.2, 0.25) is 11.8 Å². The SMILES string of the molecule is CCc1ncc2c(n1)CN(C(=O)[C@@H]1CC(=O)N(C(C)(C)C)C1)C2. The van der Waals surface area contributed by atoms with Gasteiger partial charge in [-0.1, -0.05) is 6.92 Å². The van der Waals surface area contributed by atoms with Crippen molar-refractivity contribution in [3.8, 4) is 0 Å². The summed E-state index contributed by atoms with van der Waals surface area (Å²) in [7, 11) is 0. The van der Waals surface area contributed by atoms with Crippen molar-refractivity contribution in [2.45, 2.75) is 59.2 Å². The van der Waals surface area contributed by atoms with Gasteiger partial charge in [-0.3, -0.25) is 9.59 Å². The number of carbonyl (C=O) groups is 2. The molecule has 1 aromatic heterocycles. The van der Waals surface area contributed by atoms with Crippen LogP contribution in [-0.4, -0.2) is 43.7 Å². The molecule has 0 spiro atoms. The first-order valence-corrected chi connectivity index (χ1v) is 8.22. The van der Waals surface area contributed by atoms with Crippen molar-refractivity contribution in [1.29, 1.82) is 0 Å². The van der Waals surface area contributed by atoms with Gasteiger partial charge in [0.15, 0.2) is 0 Å². The summed E-state index contributed by atoms with van der Waals surface area (Å²) in [5.41, 5.74) is 1.73. The molecule has 2 aliphatic rings. The quantitative estimate of drug-likeness (QED) is 0.830. The van der Waals surface area contributed by atoms with E-state index < -0.39 is 0 Å². The lowest BCUT2D eigenvalue weighted by atomic mass is 10.1. The molecule has 0 aliphatic carbocycles. The zero-order valence-corrected chi connectivity index (χ0v) is 14.3. The lowest BCUT2D eigenvalue weighted by Gasteiger charge is -2.32. The zero-order chi connectivity index (χ0) is 16.8. The Morgan fingerprint density at radius 1 is 1.35 bits per heavy atom. The summed E-state index contributed by atoms with van der Waals surface area (Å²) in [4.78, 5) is 37.4. The van der Waals surface area contributed by atoms with Crippen LogP contribution in [0.15, 0.2) is 6.20 Å². The van der Waals surface area contributed by atoms with Crippen molar-refractivity contribution in [2.75, 3.05) is 6.54 Å². The van der Waals surface area contributed by atoms with E-state index in [9.17, 15) is 9.59 Å². The van der Waals surface area contributed by atoms with Crippen molar-refractivity contribution in [2.24, 2.45) is 5.92 Å². The lowest BCUT2D eigenvalue weighted by Crippen LogP contribution is -2.43. The van der Waals surface area contributed by atoms with Gasteiger partial charge >= 0.3 is 0 Å². The van der Waals surface area contributed by atoms with Crippen LogP contribution in [0.4, 0.5) is 0 Å². The third-order valence-corrected chi connectivity index (χ3v) is 4.62. The Kier molecular flexibility index (Phi) is 3.86. The molecule has 2 aliphatic heterocycles. The van der Waals surface area contributed by atoms with E-state index in [1.165, 1.54) is 0 Å². The van der Waals surface area contributed by atoms with Gasteiger partial charge < -0.3 is 9.80 Å². The minimum Gasteiger partial charge on any atom is -0.337 e. The highest BCUT2D eigenvalue weighted by molar-refractivity contribution is 5.89. The molecule has 0 N–H and O–H groups in total. The number of fused-ring (bicyclic) bond motifs is 1. The van der Waals surface area contributed by atoms with E-state index in [0.29, 0.717) is 26.1 Å². The topological polar surface area (TPSA) is 66.4 Å². The van der Waals surface area contributed by atoms with Crippen LogP contribution < -0.4 is 0 Å². The molecule has 1 fully saturated rings. The average molecular weight is 316 g/mol. The highest BCUT2D eigenvalue weighted by Crippen LogP contribution is 2.29. The number of nitrogens with zero attached hydrogens (tertiary/aromatic N) is 4. The summed E-state index contributed by atoms with van der Waals surface area (Å²) < 4.78 is 0. The number of hydrogen-bond donors (Lipinski definition) is 0. The molecule has 2 amide bonds. The molecule has 6 nitrogen and oxygen atoms in total. The van der Waals surface area contributed by atoms with E-state index in [-0.39, 0.29) is 23.3 Å². The Hall–Kier alpha value is -1.98. The van der Waals surface area contributed by atoms with E-state index in [4.69, 9.17) is 0 Å². The first kappa shape index (κ1) is 15.9. The number of hydrogen-bond acceptors (Lipinski definition) is 4. The molecule has 23 heavy (non-hydrogen) atoms. The first-order chi connectivity index (χ1) is 10.8. The summed E-state index contributed by atoms with van der Waals surface area (Å²) in [5.74, 6) is 0.699. The van der Waals surface area contributed by atoms with E-state index in [1.807, 2.05) is 43.7 Å². The van der Waals surface area contributed by atoms with Gasteiger partial charge in [0.05, 0.1) is 18.2 Å². The van der Waals surface area contributed by atoms with E-state index in [0.717, 1.165) is 23.5 Å². The Labute approximate surface area is 136 Å². The Morgan fingerprint density at radius 3 is 2.70 bits per heavy atom. The highest BCUT2D eigenvalue weighted by Gasteiger charge is 2.41. The second kappa shape index (κ2) is 5.58. The number of likely N-dealkylation sites (tertiary alicyclic amines) is 1. The molecule has 6 heteroatoms. The van der Waals surface area contributed by atoms with Crippen LogP contribution in [0.2, 0.25) is 0 Å². The van der Waals surface area contributed by atoms with Crippen molar-refractivity contribution in [1.82, 2.24) is 19.8 Å². The molecule has 124 valence electrons. The molecule has 1 aromatic rings. The van der Waals surface area contributed by atoms with Crippen molar-refractivity contribution in [3.05, 3.63) is 23.3 Å². The second-order valence-corrected chi connectivity index (χ2v) is 7.38. The summed E-state index contributed by atoms with van der Waals surface area (Å²) in [6.07, 6.45) is 2.93. The molecule has 0 saturated carbocycles. The molecule has 1 atom stereocenters. The second-order valence-electron chi connectivity index (χ2n) is 7.38. The van der Waals surface area contributed by atoms with Crippen LogP contribution in [0.1, 0.15) is 51.2 Å². The number of amides is 2. The van der Waals surface area contributed by atoms with Crippen LogP contribution >= 0.6 is 0 Å². The highest BCUT2D eigenvalue weighted by atomic mass is 16.2. The molecule has 0 aromatic carbocycles. The molecule has 1 saturated heterocycles. The predicted octanol–water partition coefficient (Wildman–Crippen LogP) is 1.53. The zero-order valence-electron chi connectivity index (χ0n) is 14.3. The number of rotatable bonds is 2. The fraction of sp³-hybridized carbons (Fsp3) is 0.647. The first-order valence-electron chi connectivity index (χ1n) is 8.22. The van der Waals surface area contributed by atoms with Crippen molar-refractivity contribution >= 4 is 11.8 Å². The molecular weight excluding hydrogens is 292 g/mol. The Bertz CT molecular complexity index is 650. The molecular formula is C17H24N4O2. The summed E-state index contributed by atoms with van der Waals surface area (Å²) in [5, 5.41) is 0. The normalized spacial score (nSPS) is 21.0. The van der Waals surface area contributed by atoms with E-state index in [2.05, 4.69) is 9.97 Å². The number of aryl methyl sites for hydroxylation is 1. The Morgan fingerprint density at radius 2 is 2.09 bits per heavy atom. The minimum absolute atomic E-state index is 0.0566. The molecule has 0 unspecified atom stereocenters. The molecule has 0 radical (unpaired) electrons. The maximum absolute atomic E-state index is 12.8. The summed E-state index contributed by atoms with van der Waals surface area (Å²) in [6.45, 7) is 9.63. The fourth-order valence-corrected chi connectivity index (χ4v) is 3.30. The van der Waals surface area contributed by atoms with Crippen LogP contribution in [-0.2, 0) is 29.1 Å². The van der Waals surface area contributed by atoms with Crippen molar-refractivity contribution in [3.63, 3.8) is 0 Å². The van der Waals surface area contributed by atoms with Crippen LogP contribution in [0, 0.1) is 5.92 Å².